The number of urea groups is 1. The Labute approximate surface area is 187 Å². The van der Waals surface area contributed by atoms with Crippen LogP contribution >= 0.6 is 15.9 Å². The van der Waals surface area contributed by atoms with Crippen LogP contribution in [0.3, 0.4) is 0 Å². The smallest absolute Gasteiger partial charge is 0.325 e. The highest BCUT2D eigenvalue weighted by Gasteiger charge is 2.47. The van der Waals surface area contributed by atoms with E-state index < -0.39 is 12.1 Å². The van der Waals surface area contributed by atoms with Gasteiger partial charge in [-0.3, -0.25) is 14.5 Å². The van der Waals surface area contributed by atoms with Crippen LogP contribution in [-0.4, -0.2) is 52.8 Å². The Morgan fingerprint density at radius 2 is 1.84 bits per heavy atom. The van der Waals surface area contributed by atoms with E-state index in [4.69, 9.17) is 0 Å². The van der Waals surface area contributed by atoms with Crippen LogP contribution in [0.1, 0.15) is 18.4 Å². The number of hydrogen-bond donors (Lipinski definition) is 2. The summed E-state index contributed by atoms with van der Waals surface area (Å²) in [6, 6.07) is 11.4. The number of fused-ring (bicyclic) bond motifs is 1. The van der Waals surface area contributed by atoms with Gasteiger partial charge in [0.2, 0.25) is 11.8 Å². The second kappa shape index (κ2) is 9.15. The molecule has 2 heterocycles. The molecule has 0 saturated carbocycles. The van der Waals surface area contributed by atoms with Gasteiger partial charge in [0.05, 0.1) is 12.6 Å². The minimum absolute atomic E-state index is 0.0215. The monoisotopic (exact) mass is 488 g/mol. The Bertz CT molecular complexity index is 983. The lowest BCUT2D eigenvalue weighted by molar-refractivity contribution is -0.138. The summed E-state index contributed by atoms with van der Waals surface area (Å²) in [4.78, 5) is 41.6. The molecular weight excluding hydrogens is 467 g/mol. The molecule has 0 radical (unpaired) electrons. The number of hydrogen-bond acceptors (Lipinski definition) is 4. The summed E-state index contributed by atoms with van der Waals surface area (Å²) >= 11 is 3.35. The van der Waals surface area contributed by atoms with Crippen molar-refractivity contribution in [3.05, 3.63) is 64.4 Å². The number of rotatable bonds is 5. The van der Waals surface area contributed by atoms with Crippen molar-refractivity contribution in [2.24, 2.45) is 0 Å². The molecule has 2 unspecified atom stereocenters. The van der Waals surface area contributed by atoms with Crippen molar-refractivity contribution in [1.29, 1.82) is 0 Å². The highest BCUT2D eigenvalue weighted by molar-refractivity contribution is 9.10. The molecule has 0 bridgehead atoms. The standard InChI is InChI=1S/C22H22BrFN4O3/c23-15-5-9-17(10-6-15)26-19(29)13-27-18-2-1-11-25-20(18)21(30)28(22(27)31)12-14-3-7-16(24)8-4-14/h3-10,18,20,25H,1-2,11-13H2,(H,26,29). The van der Waals surface area contributed by atoms with Gasteiger partial charge in [-0.05, 0) is 61.3 Å². The van der Waals surface area contributed by atoms with E-state index in [0.29, 0.717) is 24.2 Å². The highest BCUT2D eigenvalue weighted by atomic mass is 79.9. The molecule has 2 aromatic rings. The Kier molecular flexibility index (Phi) is 6.33. The molecule has 2 aliphatic rings. The molecule has 4 amide bonds. The highest BCUT2D eigenvalue weighted by Crippen LogP contribution is 2.26. The van der Waals surface area contributed by atoms with Gasteiger partial charge in [0.1, 0.15) is 18.4 Å². The predicted molar refractivity (Wildman–Crippen MR) is 117 cm³/mol. The second-order valence-electron chi connectivity index (χ2n) is 7.66. The summed E-state index contributed by atoms with van der Waals surface area (Å²) in [5.41, 5.74) is 1.26. The molecule has 9 heteroatoms. The van der Waals surface area contributed by atoms with Crippen LogP contribution in [0.15, 0.2) is 53.0 Å². The first-order chi connectivity index (χ1) is 14.9. The summed E-state index contributed by atoms with van der Waals surface area (Å²) in [5.74, 6) is -1.04. The third kappa shape index (κ3) is 4.77. The molecule has 4 rings (SSSR count). The number of piperidine rings is 1. The Morgan fingerprint density at radius 1 is 1.13 bits per heavy atom. The number of halogens is 2. The average Bonchev–Trinajstić information content (AvgIpc) is 2.77. The molecule has 2 aromatic carbocycles. The van der Waals surface area contributed by atoms with E-state index in [-0.39, 0.29) is 36.8 Å². The lowest BCUT2D eigenvalue weighted by Gasteiger charge is -2.46. The molecular formula is C22H22BrFN4O3. The van der Waals surface area contributed by atoms with Crippen molar-refractivity contribution < 1.29 is 18.8 Å². The molecule has 2 aliphatic heterocycles. The maximum absolute atomic E-state index is 13.2. The maximum Gasteiger partial charge on any atom is 0.327 e. The first-order valence-electron chi connectivity index (χ1n) is 10.1. The number of benzene rings is 2. The molecule has 0 aromatic heterocycles. The predicted octanol–water partition coefficient (Wildman–Crippen LogP) is 3.11. The van der Waals surface area contributed by atoms with E-state index in [1.165, 1.54) is 17.0 Å². The van der Waals surface area contributed by atoms with E-state index in [9.17, 15) is 18.8 Å². The summed E-state index contributed by atoms with van der Waals surface area (Å²) in [7, 11) is 0. The van der Waals surface area contributed by atoms with E-state index in [1.54, 1.807) is 24.3 Å². The van der Waals surface area contributed by atoms with Crippen LogP contribution in [0.25, 0.3) is 0 Å². The van der Waals surface area contributed by atoms with Crippen molar-refractivity contribution in [2.45, 2.75) is 31.5 Å². The van der Waals surface area contributed by atoms with E-state index in [0.717, 1.165) is 15.8 Å². The van der Waals surface area contributed by atoms with E-state index in [1.807, 2.05) is 12.1 Å². The molecule has 31 heavy (non-hydrogen) atoms. The van der Waals surface area contributed by atoms with Crippen molar-refractivity contribution in [3.63, 3.8) is 0 Å². The van der Waals surface area contributed by atoms with Crippen molar-refractivity contribution >= 4 is 39.5 Å². The molecule has 162 valence electrons. The molecule has 2 saturated heterocycles. The normalized spacial score (nSPS) is 21.1. The zero-order valence-corrected chi connectivity index (χ0v) is 18.3. The van der Waals surface area contributed by atoms with Crippen LogP contribution < -0.4 is 10.6 Å². The average molecular weight is 489 g/mol. The van der Waals surface area contributed by atoms with Crippen LogP contribution in [0.5, 0.6) is 0 Å². The Hall–Kier alpha value is -2.78. The number of carbonyl (C=O) groups excluding carboxylic acids is 3. The summed E-state index contributed by atoms with van der Waals surface area (Å²) in [6.07, 6.45) is 1.45. The first kappa shape index (κ1) is 21.5. The molecule has 2 N–H and O–H groups in total. The summed E-state index contributed by atoms with van der Waals surface area (Å²) in [6.45, 7) is 0.531. The number of nitrogens with zero attached hydrogens (tertiary/aromatic N) is 2. The number of nitrogens with one attached hydrogen (secondary N) is 2. The first-order valence-corrected chi connectivity index (χ1v) is 10.9. The minimum Gasteiger partial charge on any atom is -0.325 e. The third-order valence-electron chi connectivity index (χ3n) is 5.53. The Morgan fingerprint density at radius 3 is 2.55 bits per heavy atom. The molecule has 7 nitrogen and oxygen atoms in total. The lowest BCUT2D eigenvalue weighted by Crippen LogP contribution is -2.70. The quantitative estimate of drug-likeness (QED) is 0.677. The zero-order valence-electron chi connectivity index (χ0n) is 16.7. The Balaban J connectivity index is 1.53. The summed E-state index contributed by atoms with van der Waals surface area (Å²) < 4.78 is 14.1. The van der Waals surface area contributed by atoms with Crippen molar-refractivity contribution in [2.75, 3.05) is 18.4 Å². The number of anilines is 1. The second-order valence-corrected chi connectivity index (χ2v) is 8.57. The third-order valence-corrected chi connectivity index (χ3v) is 6.06. The zero-order chi connectivity index (χ0) is 22.0. The lowest BCUT2D eigenvalue weighted by atomic mass is 9.93. The van der Waals surface area contributed by atoms with Crippen LogP contribution in [0.2, 0.25) is 0 Å². The van der Waals surface area contributed by atoms with Gasteiger partial charge in [0.15, 0.2) is 0 Å². The fraction of sp³-hybridized carbons (Fsp3) is 0.318. The summed E-state index contributed by atoms with van der Waals surface area (Å²) in [5, 5.41) is 5.99. The molecule has 0 aliphatic carbocycles. The van der Waals surface area contributed by atoms with Crippen LogP contribution in [0.4, 0.5) is 14.9 Å². The van der Waals surface area contributed by atoms with Gasteiger partial charge in [-0.2, -0.15) is 0 Å². The fourth-order valence-electron chi connectivity index (χ4n) is 4.01. The molecule has 2 fully saturated rings. The molecule has 0 spiro atoms. The number of amides is 4. The van der Waals surface area contributed by atoms with Crippen LogP contribution in [-0.2, 0) is 16.1 Å². The van der Waals surface area contributed by atoms with Gasteiger partial charge in [-0.25, -0.2) is 9.18 Å². The van der Waals surface area contributed by atoms with Gasteiger partial charge >= 0.3 is 6.03 Å². The minimum atomic E-state index is -0.563. The van der Waals surface area contributed by atoms with Gasteiger partial charge < -0.3 is 15.5 Å². The van der Waals surface area contributed by atoms with E-state index in [2.05, 4.69) is 26.6 Å². The van der Waals surface area contributed by atoms with Gasteiger partial charge in [0, 0.05) is 10.2 Å². The van der Waals surface area contributed by atoms with Gasteiger partial charge in [-0.1, -0.05) is 28.1 Å². The van der Waals surface area contributed by atoms with Gasteiger partial charge in [-0.15, -0.1) is 0 Å². The topological polar surface area (TPSA) is 81.8 Å². The van der Waals surface area contributed by atoms with Crippen molar-refractivity contribution in [1.82, 2.24) is 15.1 Å². The SMILES string of the molecule is O=C(CN1C(=O)N(Cc2ccc(F)cc2)C(=O)C2NCCCC21)Nc1ccc(Br)cc1. The fourth-order valence-corrected chi connectivity index (χ4v) is 4.27. The maximum atomic E-state index is 13.2. The largest absolute Gasteiger partial charge is 0.327 e. The molecule has 2 atom stereocenters. The number of imide groups is 1. The van der Waals surface area contributed by atoms with Gasteiger partial charge in [0.25, 0.3) is 0 Å². The van der Waals surface area contributed by atoms with Crippen LogP contribution in [0, 0.1) is 5.82 Å². The number of carbonyl (C=O) groups is 3. The van der Waals surface area contributed by atoms with E-state index >= 15 is 0 Å². The van der Waals surface area contributed by atoms with Crippen molar-refractivity contribution in [3.8, 4) is 0 Å².